The van der Waals surface area contributed by atoms with Crippen molar-refractivity contribution in [1.29, 1.82) is 0 Å². The van der Waals surface area contributed by atoms with Crippen LogP contribution in [0.4, 0.5) is 11.4 Å². The molecule has 2 rings (SSSR count). The molecule has 1 heterocycles. The van der Waals surface area contributed by atoms with Crippen LogP contribution >= 0.6 is 0 Å². The fourth-order valence-corrected chi connectivity index (χ4v) is 1.73. The number of nitro groups is 1. The van der Waals surface area contributed by atoms with Gasteiger partial charge in [0.25, 0.3) is 5.69 Å². The van der Waals surface area contributed by atoms with E-state index >= 15 is 0 Å². The van der Waals surface area contributed by atoms with Gasteiger partial charge in [0.2, 0.25) is 5.76 Å². The van der Waals surface area contributed by atoms with E-state index < -0.39 is 10.9 Å². The van der Waals surface area contributed by atoms with Crippen LogP contribution in [0.1, 0.15) is 21.9 Å². The van der Waals surface area contributed by atoms with Gasteiger partial charge < -0.3 is 14.8 Å². The molecule has 0 atom stereocenters. The minimum Gasteiger partial charge on any atom is -0.475 e. The van der Waals surface area contributed by atoms with Gasteiger partial charge in [0, 0.05) is 17.8 Å². The number of rotatable bonds is 5. The zero-order chi connectivity index (χ0) is 14.7. The lowest BCUT2D eigenvalue weighted by Crippen LogP contribution is -2.01. The van der Waals surface area contributed by atoms with Crippen LogP contribution < -0.4 is 5.32 Å². The largest absolute Gasteiger partial charge is 0.475 e. The molecule has 20 heavy (non-hydrogen) atoms. The van der Waals surface area contributed by atoms with Gasteiger partial charge in [0.15, 0.2) is 0 Å². The van der Waals surface area contributed by atoms with Crippen molar-refractivity contribution in [2.24, 2.45) is 0 Å². The van der Waals surface area contributed by atoms with Crippen LogP contribution in [0, 0.1) is 17.0 Å². The number of aryl methyl sites for hydroxylation is 1. The zero-order valence-electron chi connectivity index (χ0n) is 10.6. The molecule has 2 aromatic rings. The number of hydrogen-bond acceptors (Lipinski definition) is 5. The third-order valence-electron chi connectivity index (χ3n) is 2.75. The van der Waals surface area contributed by atoms with Crippen LogP contribution in [-0.2, 0) is 6.54 Å². The predicted molar refractivity (Wildman–Crippen MR) is 70.8 cm³/mol. The topological polar surface area (TPSA) is 106 Å². The van der Waals surface area contributed by atoms with Gasteiger partial charge >= 0.3 is 5.97 Å². The number of benzene rings is 1. The molecule has 0 radical (unpaired) electrons. The highest BCUT2D eigenvalue weighted by Crippen LogP contribution is 2.22. The Hall–Kier alpha value is -2.83. The number of carbonyl (C=O) groups is 1. The number of anilines is 1. The Kier molecular flexibility index (Phi) is 3.69. The highest BCUT2D eigenvalue weighted by Gasteiger charge is 2.10. The maximum atomic E-state index is 10.7. The summed E-state index contributed by atoms with van der Waals surface area (Å²) in [7, 11) is 0. The number of non-ortho nitro benzene ring substituents is 1. The third kappa shape index (κ3) is 2.94. The van der Waals surface area contributed by atoms with Crippen LogP contribution in [0.25, 0.3) is 0 Å². The fraction of sp³-hybridized carbons (Fsp3) is 0.154. The third-order valence-corrected chi connectivity index (χ3v) is 2.75. The highest BCUT2D eigenvalue weighted by molar-refractivity contribution is 5.84. The second kappa shape index (κ2) is 5.43. The van der Waals surface area contributed by atoms with Crippen molar-refractivity contribution in [2.75, 3.05) is 5.32 Å². The van der Waals surface area contributed by atoms with Gasteiger partial charge in [-0.05, 0) is 30.7 Å². The van der Waals surface area contributed by atoms with Crippen LogP contribution in [0.5, 0.6) is 0 Å². The lowest BCUT2D eigenvalue weighted by Gasteiger charge is -2.07. The summed E-state index contributed by atoms with van der Waals surface area (Å²) in [6.07, 6.45) is 0. The number of aromatic carboxylic acids is 1. The van der Waals surface area contributed by atoms with Gasteiger partial charge in [0.05, 0.1) is 11.5 Å². The number of furan rings is 1. The van der Waals surface area contributed by atoms with Gasteiger partial charge in [-0.3, -0.25) is 10.1 Å². The van der Waals surface area contributed by atoms with E-state index in [4.69, 9.17) is 9.52 Å². The van der Waals surface area contributed by atoms with Crippen molar-refractivity contribution in [3.63, 3.8) is 0 Å². The molecule has 7 heteroatoms. The minimum absolute atomic E-state index is 0.0270. The molecule has 0 saturated carbocycles. The Morgan fingerprint density at radius 1 is 1.40 bits per heavy atom. The van der Waals surface area contributed by atoms with E-state index in [9.17, 15) is 14.9 Å². The average Bonchev–Trinajstić information content (AvgIpc) is 2.86. The first kappa shape index (κ1) is 13.6. The lowest BCUT2D eigenvalue weighted by atomic mass is 10.2. The van der Waals surface area contributed by atoms with Crippen molar-refractivity contribution >= 4 is 17.3 Å². The van der Waals surface area contributed by atoms with Crippen LogP contribution in [0.15, 0.2) is 34.7 Å². The first-order valence-corrected chi connectivity index (χ1v) is 5.78. The Bertz CT molecular complexity index is 663. The predicted octanol–water partition coefficient (Wildman–Crippen LogP) is 2.81. The summed E-state index contributed by atoms with van der Waals surface area (Å²) in [5.41, 5.74) is 1.48. The molecule has 0 spiro atoms. The Morgan fingerprint density at radius 2 is 2.15 bits per heavy atom. The Morgan fingerprint density at radius 3 is 2.70 bits per heavy atom. The smallest absolute Gasteiger partial charge is 0.371 e. The molecule has 1 aromatic heterocycles. The monoisotopic (exact) mass is 276 g/mol. The van der Waals surface area contributed by atoms with E-state index in [1.54, 1.807) is 19.1 Å². The number of hydrogen-bond donors (Lipinski definition) is 2. The van der Waals surface area contributed by atoms with Crippen molar-refractivity contribution < 1.29 is 19.2 Å². The van der Waals surface area contributed by atoms with Gasteiger partial charge in [-0.15, -0.1) is 0 Å². The van der Waals surface area contributed by atoms with E-state index in [-0.39, 0.29) is 11.4 Å². The molecule has 0 aliphatic carbocycles. The Balaban J connectivity index is 2.06. The van der Waals surface area contributed by atoms with E-state index in [0.717, 1.165) is 11.3 Å². The number of carboxylic acid groups (broad SMARTS) is 1. The quantitative estimate of drug-likeness (QED) is 0.642. The summed E-state index contributed by atoms with van der Waals surface area (Å²) in [5.74, 6) is -0.773. The molecule has 0 bridgehead atoms. The first-order chi connectivity index (χ1) is 9.47. The first-order valence-electron chi connectivity index (χ1n) is 5.78. The molecule has 0 aliphatic rings. The molecular weight excluding hydrogens is 264 g/mol. The highest BCUT2D eigenvalue weighted by atomic mass is 16.6. The lowest BCUT2D eigenvalue weighted by molar-refractivity contribution is -0.384. The van der Waals surface area contributed by atoms with Gasteiger partial charge in [-0.25, -0.2) is 4.79 Å². The molecule has 0 fully saturated rings. The second-order valence-corrected chi connectivity index (χ2v) is 4.18. The molecule has 0 aliphatic heterocycles. The molecule has 104 valence electrons. The summed E-state index contributed by atoms with van der Waals surface area (Å²) in [4.78, 5) is 20.8. The maximum absolute atomic E-state index is 10.7. The summed E-state index contributed by atoms with van der Waals surface area (Å²) >= 11 is 0. The van der Waals surface area contributed by atoms with E-state index in [2.05, 4.69) is 5.32 Å². The second-order valence-electron chi connectivity index (χ2n) is 4.18. The van der Waals surface area contributed by atoms with Gasteiger partial charge in [0.1, 0.15) is 5.76 Å². The van der Waals surface area contributed by atoms with Crippen molar-refractivity contribution in [3.8, 4) is 0 Å². The van der Waals surface area contributed by atoms with E-state index in [1.165, 1.54) is 18.2 Å². The number of nitro benzene ring substituents is 1. The summed E-state index contributed by atoms with van der Waals surface area (Å²) in [6.45, 7) is 2.05. The van der Waals surface area contributed by atoms with E-state index in [0.29, 0.717) is 12.3 Å². The molecule has 0 unspecified atom stereocenters. The minimum atomic E-state index is -1.12. The van der Waals surface area contributed by atoms with Crippen LogP contribution in [0.2, 0.25) is 0 Å². The van der Waals surface area contributed by atoms with E-state index in [1.807, 2.05) is 0 Å². The maximum Gasteiger partial charge on any atom is 0.371 e. The summed E-state index contributed by atoms with van der Waals surface area (Å²) < 4.78 is 5.10. The van der Waals surface area contributed by atoms with Crippen molar-refractivity contribution in [1.82, 2.24) is 0 Å². The molecule has 1 aromatic carbocycles. The standard InChI is InChI=1S/C13H12N2O5/c1-8-6-9(15(18)19)2-4-11(8)14-7-10-3-5-12(20-10)13(16)17/h2-6,14H,7H2,1H3,(H,16,17). The number of nitrogens with zero attached hydrogens (tertiary/aromatic N) is 1. The average molecular weight is 276 g/mol. The number of nitrogens with one attached hydrogen (secondary N) is 1. The molecule has 0 amide bonds. The fourth-order valence-electron chi connectivity index (χ4n) is 1.73. The summed E-state index contributed by atoms with van der Waals surface area (Å²) in [5, 5.41) is 22.4. The zero-order valence-corrected chi connectivity index (χ0v) is 10.6. The van der Waals surface area contributed by atoms with Crippen molar-refractivity contribution in [2.45, 2.75) is 13.5 Å². The van der Waals surface area contributed by atoms with Gasteiger partial charge in [-0.2, -0.15) is 0 Å². The Labute approximate surface area is 114 Å². The normalized spacial score (nSPS) is 10.2. The van der Waals surface area contributed by atoms with Crippen molar-refractivity contribution in [3.05, 3.63) is 57.5 Å². The van der Waals surface area contributed by atoms with Crippen LogP contribution in [0.3, 0.4) is 0 Å². The molecule has 7 nitrogen and oxygen atoms in total. The molecular formula is C13H12N2O5. The summed E-state index contributed by atoms with van der Waals surface area (Å²) in [6, 6.07) is 7.42. The van der Waals surface area contributed by atoms with Crippen LogP contribution in [-0.4, -0.2) is 16.0 Å². The molecule has 0 saturated heterocycles. The number of carboxylic acids is 1. The van der Waals surface area contributed by atoms with Gasteiger partial charge in [-0.1, -0.05) is 0 Å². The SMILES string of the molecule is Cc1cc([N+](=O)[O-])ccc1NCc1ccc(C(=O)O)o1. The molecule has 2 N–H and O–H groups in total.